The van der Waals surface area contributed by atoms with Gasteiger partial charge in [0.05, 0.1) is 35.8 Å². The van der Waals surface area contributed by atoms with Crippen LogP contribution in [0.3, 0.4) is 0 Å². The van der Waals surface area contributed by atoms with Gasteiger partial charge in [-0.3, -0.25) is 9.59 Å². The molecule has 5 heteroatoms. The molecule has 120 valence electrons. The standard InChI is InChI=1S/C18H19NO4/c1-3-10-22-12-6-4-11(5-7-12)19-16(20)14-13-8-9-18(2,23-13)15(14)17(19)21/h4-9,13-15H,3,10H2,1-2H3/t13-,14+,15+,18-/m1/s1. The Morgan fingerprint density at radius 1 is 1.22 bits per heavy atom. The zero-order valence-corrected chi connectivity index (χ0v) is 13.2. The van der Waals surface area contributed by atoms with Crippen LogP contribution in [0.15, 0.2) is 36.4 Å². The van der Waals surface area contributed by atoms with Crippen molar-refractivity contribution in [2.45, 2.75) is 32.0 Å². The van der Waals surface area contributed by atoms with Gasteiger partial charge in [-0.05, 0) is 37.6 Å². The fraction of sp³-hybridized carbons (Fsp3) is 0.444. The van der Waals surface area contributed by atoms with Gasteiger partial charge in [-0.2, -0.15) is 0 Å². The van der Waals surface area contributed by atoms with E-state index < -0.39 is 17.4 Å². The molecule has 2 fully saturated rings. The Labute approximate surface area is 134 Å². The summed E-state index contributed by atoms with van der Waals surface area (Å²) in [6.07, 6.45) is 4.46. The maximum Gasteiger partial charge on any atom is 0.241 e. The largest absolute Gasteiger partial charge is 0.494 e. The lowest BCUT2D eigenvalue weighted by atomic mass is 9.78. The van der Waals surface area contributed by atoms with Crippen LogP contribution in [0.1, 0.15) is 20.3 Å². The lowest BCUT2D eigenvalue weighted by Gasteiger charge is -2.24. The average Bonchev–Trinajstić information content (AvgIpc) is 3.15. The van der Waals surface area contributed by atoms with E-state index in [9.17, 15) is 9.59 Å². The molecular weight excluding hydrogens is 294 g/mol. The van der Waals surface area contributed by atoms with E-state index in [1.807, 2.05) is 26.0 Å². The number of hydrogen-bond donors (Lipinski definition) is 0. The summed E-state index contributed by atoms with van der Waals surface area (Å²) < 4.78 is 11.4. The van der Waals surface area contributed by atoms with Gasteiger partial charge in [-0.25, -0.2) is 4.90 Å². The molecule has 4 atom stereocenters. The number of amides is 2. The van der Waals surface area contributed by atoms with Crippen molar-refractivity contribution >= 4 is 17.5 Å². The fourth-order valence-electron chi connectivity index (χ4n) is 3.82. The van der Waals surface area contributed by atoms with Crippen molar-refractivity contribution < 1.29 is 19.1 Å². The molecule has 0 saturated carbocycles. The molecule has 0 unspecified atom stereocenters. The monoisotopic (exact) mass is 313 g/mol. The summed E-state index contributed by atoms with van der Waals surface area (Å²) in [6.45, 7) is 4.57. The van der Waals surface area contributed by atoms with Gasteiger partial charge in [0, 0.05) is 0 Å². The molecule has 5 nitrogen and oxygen atoms in total. The summed E-state index contributed by atoms with van der Waals surface area (Å²) in [4.78, 5) is 26.9. The van der Waals surface area contributed by atoms with Gasteiger partial charge in [0.2, 0.25) is 11.8 Å². The highest BCUT2D eigenvalue weighted by molar-refractivity contribution is 6.23. The number of carbonyl (C=O) groups is 2. The quantitative estimate of drug-likeness (QED) is 0.632. The second-order valence-corrected chi connectivity index (χ2v) is 6.48. The van der Waals surface area contributed by atoms with Crippen LogP contribution in [0.4, 0.5) is 5.69 Å². The van der Waals surface area contributed by atoms with Crippen LogP contribution in [-0.2, 0) is 14.3 Å². The van der Waals surface area contributed by atoms with Crippen LogP contribution in [0, 0.1) is 11.8 Å². The minimum Gasteiger partial charge on any atom is -0.494 e. The van der Waals surface area contributed by atoms with Crippen molar-refractivity contribution in [3.63, 3.8) is 0 Å². The molecule has 1 aromatic rings. The molecule has 2 amide bonds. The number of imide groups is 1. The predicted molar refractivity (Wildman–Crippen MR) is 84.1 cm³/mol. The Morgan fingerprint density at radius 3 is 2.61 bits per heavy atom. The molecule has 0 radical (unpaired) electrons. The Kier molecular flexibility index (Phi) is 3.10. The number of anilines is 1. The van der Waals surface area contributed by atoms with E-state index in [1.54, 1.807) is 24.3 Å². The van der Waals surface area contributed by atoms with Gasteiger partial charge in [0.15, 0.2) is 0 Å². The van der Waals surface area contributed by atoms with Crippen LogP contribution in [0.25, 0.3) is 0 Å². The average molecular weight is 313 g/mol. The Morgan fingerprint density at radius 2 is 1.96 bits per heavy atom. The molecule has 2 saturated heterocycles. The number of nitrogens with zero attached hydrogens (tertiary/aromatic N) is 1. The highest BCUT2D eigenvalue weighted by Gasteiger charge is 2.65. The van der Waals surface area contributed by atoms with Crippen LogP contribution < -0.4 is 9.64 Å². The number of carbonyl (C=O) groups excluding carboxylic acids is 2. The van der Waals surface area contributed by atoms with Gasteiger partial charge in [0.1, 0.15) is 5.75 Å². The summed E-state index contributed by atoms with van der Waals surface area (Å²) >= 11 is 0. The highest BCUT2D eigenvalue weighted by atomic mass is 16.5. The molecule has 4 rings (SSSR count). The van der Waals surface area contributed by atoms with Gasteiger partial charge in [-0.1, -0.05) is 19.1 Å². The van der Waals surface area contributed by atoms with E-state index in [0.29, 0.717) is 12.3 Å². The first-order chi connectivity index (χ1) is 11.0. The zero-order valence-electron chi connectivity index (χ0n) is 13.2. The summed E-state index contributed by atoms with van der Waals surface area (Å²) in [5.74, 6) is -0.404. The maximum atomic E-state index is 12.8. The molecule has 23 heavy (non-hydrogen) atoms. The second-order valence-electron chi connectivity index (χ2n) is 6.48. The fourth-order valence-corrected chi connectivity index (χ4v) is 3.82. The number of ether oxygens (including phenoxy) is 2. The van der Waals surface area contributed by atoms with Crippen molar-refractivity contribution in [3.05, 3.63) is 36.4 Å². The molecule has 3 heterocycles. The third kappa shape index (κ3) is 1.96. The SMILES string of the molecule is CCCOc1ccc(N2C(=O)[C@@H]3[C@@H](C2=O)[C@@]2(C)C=C[C@H]3O2)cc1. The first-order valence-electron chi connectivity index (χ1n) is 8.03. The third-order valence-electron chi connectivity index (χ3n) is 4.90. The van der Waals surface area contributed by atoms with Gasteiger partial charge in [0.25, 0.3) is 0 Å². The lowest BCUT2D eigenvalue weighted by Crippen LogP contribution is -2.38. The van der Waals surface area contributed by atoms with E-state index in [2.05, 4.69) is 0 Å². The molecule has 3 aliphatic rings. The molecule has 0 N–H and O–H groups in total. The van der Waals surface area contributed by atoms with Crippen LogP contribution in [-0.4, -0.2) is 30.1 Å². The smallest absolute Gasteiger partial charge is 0.241 e. The second kappa shape index (κ2) is 4.93. The van der Waals surface area contributed by atoms with Gasteiger partial charge < -0.3 is 9.47 Å². The topological polar surface area (TPSA) is 55.8 Å². The number of fused-ring (bicyclic) bond motifs is 5. The summed E-state index contributed by atoms with van der Waals surface area (Å²) in [5.41, 5.74) is -0.0534. The number of hydrogen-bond acceptors (Lipinski definition) is 4. The van der Waals surface area contributed by atoms with E-state index in [-0.39, 0.29) is 17.9 Å². The first-order valence-corrected chi connectivity index (χ1v) is 8.03. The van der Waals surface area contributed by atoms with Crippen molar-refractivity contribution in [1.29, 1.82) is 0 Å². The Hall–Kier alpha value is -2.14. The highest BCUT2D eigenvalue weighted by Crippen LogP contribution is 2.52. The van der Waals surface area contributed by atoms with Crippen molar-refractivity contribution in [1.82, 2.24) is 0 Å². The number of benzene rings is 1. The first kappa shape index (κ1) is 14.5. The minimum absolute atomic E-state index is 0.166. The summed E-state index contributed by atoms with van der Waals surface area (Å²) in [5, 5.41) is 0. The molecule has 1 aromatic carbocycles. The summed E-state index contributed by atoms with van der Waals surface area (Å²) in [7, 11) is 0. The molecular formula is C18H19NO4. The lowest BCUT2D eigenvalue weighted by molar-refractivity contribution is -0.126. The van der Waals surface area contributed by atoms with E-state index in [1.165, 1.54) is 4.90 Å². The number of rotatable bonds is 4. The minimum atomic E-state index is -0.652. The molecule has 3 aliphatic heterocycles. The van der Waals surface area contributed by atoms with E-state index in [4.69, 9.17) is 9.47 Å². The zero-order chi connectivity index (χ0) is 16.2. The van der Waals surface area contributed by atoms with E-state index >= 15 is 0 Å². The van der Waals surface area contributed by atoms with Gasteiger partial charge >= 0.3 is 0 Å². The normalized spacial score (nSPS) is 34.3. The van der Waals surface area contributed by atoms with Crippen molar-refractivity contribution in [2.24, 2.45) is 11.8 Å². The molecule has 0 aliphatic carbocycles. The maximum absolute atomic E-state index is 12.8. The molecule has 0 spiro atoms. The molecule has 2 bridgehead atoms. The molecule has 0 aromatic heterocycles. The van der Waals surface area contributed by atoms with Crippen LogP contribution in [0.2, 0.25) is 0 Å². The Balaban J connectivity index is 1.61. The van der Waals surface area contributed by atoms with Gasteiger partial charge in [-0.15, -0.1) is 0 Å². The van der Waals surface area contributed by atoms with Crippen LogP contribution >= 0.6 is 0 Å². The van der Waals surface area contributed by atoms with E-state index in [0.717, 1.165) is 12.2 Å². The Bertz CT molecular complexity index is 695. The predicted octanol–water partition coefficient (Wildman–Crippen LogP) is 2.31. The van der Waals surface area contributed by atoms with Crippen LogP contribution in [0.5, 0.6) is 5.75 Å². The van der Waals surface area contributed by atoms with Crippen molar-refractivity contribution in [3.8, 4) is 5.75 Å². The van der Waals surface area contributed by atoms with Crippen molar-refractivity contribution in [2.75, 3.05) is 11.5 Å². The summed E-state index contributed by atoms with van der Waals surface area (Å²) in [6, 6.07) is 7.12. The third-order valence-corrected chi connectivity index (χ3v) is 4.90.